The quantitative estimate of drug-likeness (QED) is 0.765. The molecule has 2 rings (SSSR count). The van der Waals surface area contributed by atoms with Crippen molar-refractivity contribution in [2.45, 2.75) is 26.0 Å². The van der Waals surface area contributed by atoms with Crippen LogP contribution in [0.25, 0.3) is 0 Å². The van der Waals surface area contributed by atoms with Gasteiger partial charge in [-0.2, -0.15) is 0 Å². The van der Waals surface area contributed by atoms with Crippen LogP contribution in [0.4, 0.5) is 0 Å². The van der Waals surface area contributed by atoms with Crippen molar-refractivity contribution in [3.8, 4) is 11.8 Å². The first kappa shape index (κ1) is 14.5. The topological polar surface area (TPSA) is 62.7 Å². The number of aliphatic hydroxyl groups excluding tert-OH is 1. The SMILES string of the molecule is CC1CN(C(=O)c2ncccc2C#CCO)C(C)CO1. The molecule has 5 heteroatoms. The molecule has 0 bridgehead atoms. The number of carbonyl (C=O) groups excluding carboxylic acids is 1. The Hall–Kier alpha value is -1.90. The van der Waals surface area contributed by atoms with Crippen LogP contribution in [0, 0.1) is 11.8 Å². The zero-order chi connectivity index (χ0) is 14.5. The van der Waals surface area contributed by atoms with Gasteiger partial charge in [0.25, 0.3) is 5.91 Å². The third-order valence-electron chi connectivity index (χ3n) is 3.18. The molecule has 0 aromatic carbocycles. The molecule has 1 aliphatic rings. The molecule has 20 heavy (non-hydrogen) atoms. The lowest BCUT2D eigenvalue weighted by Crippen LogP contribution is -2.50. The van der Waals surface area contributed by atoms with Crippen LogP contribution in [0.15, 0.2) is 18.3 Å². The normalized spacial score (nSPS) is 22.1. The van der Waals surface area contributed by atoms with Gasteiger partial charge in [0.1, 0.15) is 12.3 Å². The van der Waals surface area contributed by atoms with Crippen LogP contribution < -0.4 is 0 Å². The van der Waals surface area contributed by atoms with E-state index in [2.05, 4.69) is 16.8 Å². The van der Waals surface area contributed by atoms with Gasteiger partial charge in [-0.1, -0.05) is 11.8 Å². The summed E-state index contributed by atoms with van der Waals surface area (Å²) in [5, 5.41) is 8.78. The van der Waals surface area contributed by atoms with E-state index in [1.165, 1.54) is 0 Å². The highest BCUT2D eigenvalue weighted by Gasteiger charge is 2.29. The zero-order valence-electron chi connectivity index (χ0n) is 11.7. The van der Waals surface area contributed by atoms with Crippen LogP contribution in [0.1, 0.15) is 29.9 Å². The molecule has 1 aromatic heterocycles. The van der Waals surface area contributed by atoms with Crippen LogP contribution in [0.2, 0.25) is 0 Å². The lowest BCUT2D eigenvalue weighted by atomic mass is 10.1. The molecule has 106 valence electrons. The summed E-state index contributed by atoms with van der Waals surface area (Å²) in [5.41, 5.74) is 0.868. The molecule has 0 aliphatic carbocycles. The van der Waals surface area contributed by atoms with Gasteiger partial charge in [0, 0.05) is 12.7 Å². The first-order chi connectivity index (χ1) is 9.63. The number of rotatable bonds is 1. The molecule has 0 saturated carbocycles. The molecule has 1 N–H and O–H groups in total. The molecule has 0 radical (unpaired) electrons. The van der Waals surface area contributed by atoms with Crippen LogP contribution in [-0.2, 0) is 4.74 Å². The van der Waals surface area contributed by atoms with Gasteiger partial charge in [-0.25, -0.2) is 4.98 Å². The molecule has 0 spiro atoms. The summed E-state index contributed by atoms with van der Waals surface area (Å²) >= 11 is 0. The van der Waals surface area contributed by atoms with Crippen molar-refractivity contribution >= 4 is 5.91 Å². The summed E-state index contributed by atoms with van der Waals surface area (Å²) in [7, 11) is 0. The van der Waals surface area contributed by atoms with Gasteiger partial charge in [0.2, 0.25) is 0 Å². The molecule has 2 unspecified atom stereocenters. The smallest absolute Gasteiger partial charge is 0.274 e. The van der Waals surface area contributed by atoms with Crippen LogP contribution in [-0.4, -0.2) is 52.8 Å². The first-order valence-electron chi connectivity index (χ1n) is 6.60. The number of aromatic nitrogens is 1. The van der Waals surface area contributed by atoms with Crippen molar-refractivity contribution in [2.24, 2.45) is 0 Å². The Morgan fingerprint density at radius 2 is 2.40 bits per heavy atom. The van der Waals surface area contributed by atoms with E-state index in [0.29, 0.717) is 24.4 Å². The summed E-state index contributed by atoms with van der Waals surface area (Å²) in [5.74, 6) is 5.18. The Balaban J connectivity index is 2.28. The number of nitrogens with zero attached hydrogens (tertiary/aromatic N) is 2. The van der Waals surface area contributed by atoms with Crippen molar-refractivity contribution in [2.75, 3.05) is 19.8 Å². The monoisotopic (exact) mass is 274 g/mol. The fourth-order valence-corrected chi connectivity index (χ4v) is 2.13. The molecule has 5 nitrogen and oxygen atoms in total. The van der Waals surface area contributed by atoms with E-state index >= 15 is 0 Å². The molecule has 2 heterocycles. The fraction of sp³-hybridized carbons (Fsp3) is 0.467. The molecular formula is C15H18N2O3. The molecule has 2 atom stereocenters. The number of hydrogen-bond donors (Lipinski definition) is 1. The summed E-state index contributed by atoms with van der Waals surface area (Å²) in [6, 6.07) is 3.47. The standard InChI is InChI=1S/C15H18N2O3/c1-11-10-20-12(2)9-17(11)15(19)14-13(6-4-8-18)5-3-7-16-14/h3,5,7,11-12,18H,8-10H2,1-2H3. The number of hydrogen-bond acceptors (Lipinski definition) is 4. The van der Waals surface area contributed by atoms with Gasteiger partial charge in [0.05, 0.1) is 24.3 Å². The van der Waals surface area contributed by atoms with E-state index in [9.17, 15) is 4.79 Å². The van der Waals surface area contributed by atoms with Gasteiger partial charge in [-0.05, 0) is 26.0 Å². The maximum absolute atomic E-state index is 12.6. The highest BCUT2D eigenvalue weighted by molar-refractivity contribution is 5.95. The van der Waals surface area contributed by atoms with Gasteiger partial charge < -0.3 is 14.7 Å². The average Bonchev–Trinajstić information content (AvgIpc) is 2.47. The number of ether oxygens (including phenoxy) is 1. The fourth-order valence-electron chi connectivity index (χ4n) is 2.13. The van der Waals surface area contributed by atoms with E-state index in [0.717, 1.165) is 0 Å². The number of amides is 1. The predicted octanol–water partition coefficient (Wildman–Crippen LogP) is 0.675. The Kier molecular flexibility index (Phi) is 4.72. The number of pyridine rings is 1. The van der Waals surface area contributed by atoms with Gasteiger partial charge in [0.15, 0.2) is 0 Å². The summed E-state index contributed by atoms with van der Waals surface area (Å²) in [4.78, 5) is 18.5. The maximum Gasteiger partial charge on any atom is 0.274 e. The van der Waals surface area contributed by atoms with E-state index < -0.39 is 0 Å². The average molecular weight is 274 g/mol. The third kappa shape index (κ3) is 3.16. The van der Waals surface area contributed by atoms with Crippen molar-refractivity contribution in [3.05, 3.63) is 29.6 Å². The van der Waals surface area contributed by atoms with Gasteiger partial charge in [-0.3, -0.25) is 4.79 Å². The Morgan fingerprint density at radius 3 is 3.15 bits per heavy atom. The van der Waals surface area contributed by atoms with Crippen LogP contribution >= 0.6 is 0 Å². The van der Waals surface area contributed by atoms with Gasteiger partial charge >= 0.3 is 0 Å². The van der Waals surface area contributed by atoms with Gasteiger partial charge in [-0.15, -0.1) is 0 Å². The third-order valence-corrected chi connectivity index (χ3v) is 3.18. The minimum atomic E-state index is -0.243. The van der Waals surface area contributed by atoms with Crippen molar-refractivity contribution in [1.29, 1.82) is 0 Å². The highest BCUT2D eigenvalue weighted by Crippen LogP contribution is 2.16. The lowest BCUT2D eigenvalue weighted by Gasteiger charge is -2.36. The summed E-state index contributed by atoms with van der Waals surface area (Å²) in [6.07, 6.45) is 1.59. The summed E-state index contributed by atoms with van der Waals surface area (Å²) < 4.78 is 5.53. The Labute approximate surface area is 118 Å². The molecule has 1 aliphatic heterocycles. The maximum atomic E-state index is 12.6. The molecule has 1 aromatic rings. The molecule has 1 fully saturated rings. The zero-order valence-corrected chi connectivity index (χ0v) is 11.7. The summed E-state index contributed by atoms with van der Waals surface area (Å²) in [6.45, 7) is 4.72. The van der Waals surface area contributed by atoms with E-state index in [-0.39, 0.29) is 24.7 Å². The first-order valence-corrected chi connectivity index (χ1v) is 6.60. The molecule has 1 saturated heterocycles. The van der Waals surface area contributed by atoms with Crippen molar-refractivity contribution in [3.63, 3.8) is 0 Å². The van der Waals surface area contributed by atoms with Crippen LogP contribution in [0.3, 0.4) is 0 Å². The van der Waals surface area contributed by atoms with E-state index in [1.807, 2.05) is 13.8 Å². The second-order valence-corrected chi connectivity index (χ2v) is 4.81. The Bertz CT molecular complexity index is 548. The highest BCUT2D eigenvalue weighted by atomic mass is 16.5. The largest absolute Gasteiger partial charge is 0.384 e. The number of morpholine rings is 1. The minimum absolute atomic E-state index is 0.0133. The number of carbonyl (C=O) groups is 1. The predicted molar refractivity (Wildman–Crippen MR) is 74.1 cm³/mol. The minimum Gasteiger partial charge on any atom is -0.384 e. The second-order valence-electron chi connectivity index (χ2n) is 4.81. The lowest BCUT2D eigenvalue weighted by molar-refractivity contribution is -0.0389. The Morgan fingerprint density at radius 1 is 1.60 bits per heavy atom. The van der Waals surface area contributed by atoms with Crippen LogP contribution in [0.5, 0.6) is 0 Å². The van der Waals surface area contributed by atoms with E-state index in [4.69, 9.17) is 9.84 Å². The van der Waals surface area contributed by atoms with Crippen molar-refractivity contribution < 1.29 is 14.6 Å². The van der Waals surface area contributed by atoms with Crippen molar-refractivity contribution in [1.82, 2.24) is 9.88 Å². The second kappa shape index (κ2) is 6.51. The molecule has 1 amide bonds. The van der Waals surface area contributed by atoms with E-state index in [1.54, 1.807) is 23.2 Å². The molecular weight excluding hydrogens is 256 g/mol. The number of aliphatic hydroxyl groups is 1.